The van der Waals surface area contributed by atoms with E-state index in [1.54, 1.807) is 6.07 Å². The second kappa shape index (κ2) is 6.26. The SMILES string of the molecule is OCCN(CC(F)(F)F)c1c(Cl)cccc1CO. The van der Waals surface area contributed by atoms with E-state index in [9.17, 15) is 13.2 Å². The van der Waals surface area contributed by atoms with Crippen molar-refractivity contribution in [2.75, 3.05) is 24.6 Å². The van der Waals surface area contributed by atoms with Gasteiger partial charge in [0.2, 0.25) is 0 Å². The van der Waals surface area contributed by atoms with E-state index in [4.69, 9.17) is 21.8 Å². The van der Waals surface area contributed by atoms with E-state index < -0.39 is 25.9 Å². The van der Waals surface area contributed by atoms with Crippen molar-refractivity contribution in [2.24, 2.45) is 0 Å². The highest BCUT2D eigenvalue weighted by molar-refractivity contribution is 6.33. The summed E-state index contributed by atoms with van der Waals surface area (Å²) in [5, 5.41) is 18.1. The van der Waals surface area contributed by atoms with Crippen LogP contribution in [0.15, 0.2) is 18.2 Å². The Bertz CT molecular complexity index is 398. The molecule has 0 aliphatic heterocycles. The third-order valence-electron chi connectivity index (χ3n) is 2.30. The average Bonchev–Trinajstić information content (AvgIpc) is 2.26. The Morgan fingerprint density at radius 1 is 1.22 bits per heavy atom. The van der Waals surface area contributed by atoms with E-state index in [1.807, 2.05) is 0 Å². The Labute approximate surface area is 107 Å². The maximum Gasteiger partial charge on any atom is 0.405 e. The van der Waals surface area contributed by atoms with Gasteiger partial charge in [0.15, 0.2) is 0 Å². The molecule has 1 aromatic rings. The zero-order valence-electron chi connectivity index (χ0n) is 9.41. The van der Waals surface area contributed by atoms with Crippen LogP contribution < -0.4 is 4.90 Å². The fraction of sp³-hybridized carbons (Fsp3) is 0.455. The fourth-order valence-electron chi connectivity index (χ4n) is 1.65. The van der Waals surface area contributed by atoms with Gasteiger partial charge in [-0.3, -0.25) is 0 Å². The molecule has 0 fully saturated rings. The topological polar surface area (TPSA) is 43.7 Å². The van der Waals surface area contributed by atoms with E-state index >= 15 is 0 Å². The summed E-state index contributed by atoms with van der Waals surface area (Å²) < 4.78 is 37.4. The minimum absolute atomic E-state index is 0.105. The Morgan fingerprint density at radius 3 is 2.39 bits per heavy atom. The van der Waals surface area contributed by atoms with Gasteiger partial charge in [0.25, 0.3) is 0 Å². The number of hydrogen-bond donors (Lipinski definition) is 2. The highest BCUT2D eigenvalue weighted by Gasteiger charge is 2.32. The van der Waals surface area contributed by atoms with Crippen LogP contribution in [0.5, 0.6) is 0 Å². The second-order valence-electron chi connectivity index (χ2n) is 3.67. The molecule has 0 heterocycles. The van der Waals surface area contributed by atoms with E-state index in [0.717, 1.165) is 4.90 Å². The van der Waals surface area contributed by atoms with Crippen molar-refractivity contribution in [3.05, 3.63) is 28.8 Å². The predicted molar refractivity (Wildman–Crippen MR) is 62.7 cm³/mol. The summed E-state index contributed by atoms with van der Waals surface area (Å²) in [6.07, 6.45) is -4.42. The molecule has 0 aliphatic carbocycles. The first-order valence-corrected chi connectivity index (χ1v) is 5.57. The number of hydrogen-bond acceptors (Lipinski definition) is 3. The molecule has 0 unspecified atom stereocenters. The smallest absolute Gasteiger partial charge is 0.395 e. The van der Waals surface area contributed by atoms with E-state index in [0.29, 0.717) is 5.56 Å². The number of rotatable bonds is 5. The zero-order chi connectivity index (χ0) is 13.8. The van der Waals surface area contributed by atoms with Crippen LogP contribution >= 0.6 is 11.6 Å². The number of halogens is 4. The van der Waals surface area contributed by atoms with Crippen molar-refractivity contribution < 1.29 is 23.4 Å². The molecule has 1 aromatic carbocycles. The number of aliphatic hydroxyl groups is 2. The average molecular weight is 284 g/mol. The molecule has 0 radical (unpaired) electrons. The summed E-state index contributed by atoms with van der Waals surface area (Å²) in [5.74, 6) is 0. The van der Waals surface area contributed by atoms with Crippen LogP contribution in [0.3, 0.4) is 0 Å². The number of benzene rings is 1. The fourth-order valence-corrected chi connectivity index (χ4v) is 1.96. The molecule has 0 saturated carbocycles. The Hall–Kier alpha value is -0.980. The molecule has 0 aromatic heterocycles. The third-order valence-corrected chi connectivity index (χ3v) is 2.60. The molecule has 2 N–H and O–H groups in total. The number of alkyl halides is 3. The molecule has 0 atom stereocenters. The molecule has 0 bridgehead atoms. The quantitative estimate of drug-likeness (QED) is 0.871. The first-order valence-electron chi connectivity index (χ1n) is 5.20. The summed E-state index contributed by atoms with van der Waals surface area (Å²) >= 11 is 5.87. The van der Waals surface area contributed by atoms with Crippen LogP contribution in [0.1, 0.15) is 5.56 Å². The van der Waals surface area contributed by atoms with Crippen molar-refractivity contribution in [2.45, 2.75) is 12.8 Å². The van der Waals surface area contributed by atoms with Crippen molar-refractivity contribution in [3.63, 3.8) is 0 Å². The lowest BCUT2D eigenvalue weighted by atomic mass is 10.1. The van der Waals surface area contributed by atoms with Crippen LogP contribution in [0, 0.1) is 0 Å². The lowest BCUT2D eigenvalue weighted by Crippen LogP contribution is -2.37. The Balaban J connectivity index is 3.12. The van der Waals surface area contributed by atoms with Gasteiger partial charge in [0.1, 0.15) is 6.54 Å². The summed E-state index contributed by atoms with van der Waals surface area (Å²) in [4.78, 5) is 0.911. The monoisotopic (exact) mass is 283 g/mol. The standard InChI is InChI=1S/C11H13ClF3NO2/c12-9-3-1-2-8(6-18)10(9)16(4-5-17)7-11(13,14)15/h1-3,17-18H,4-7H2. The lowest BCUT2D eigenvalue weighted by Gasteiger charge is -2.28. The van der Waals surface area contributed by atoms with Gasteiger partial charge in [-0.15, -0.1) is 0 Å². The van der Waals surface area contributed by atoms with E-state index in [-0.39, 0.29) is 17.3 Å². The predicted octanol–water partition coefficient (Wildman–Crippen LogP) is 2.19. The van der Waals surface area contributed by atoms with Crippen molar-refractivity contribution >= 4 is 17.3 Å². The number of aliphatic hydroxyl groups excluding tert-OH is 2. The van der Waals surface area contributed by atoms with Crippen LogP contribution in [-0.2, 0) is 6.61 Å². The molecular weight excluding hydrogens is 271 g/mol. The van der Waals surface area contributed by atoms with Gasteiger partial charge in [-0.2, -0.15) is 13.2 Å². The molecule has 18 heavy (non-hydrogen) atoms. The summed E-state index contributed by atoms with van der Waals surface area (Å²) in [5.41, 5.74) is 0.397. The molecule has 0 saturated heterocycles. The number of para-hydroxylation sites is 1. The highest BCUT2D eigenvalue weighted by atomic mass is 35.5. The van der Waals surface area contributed by atoms with Gasteiger partial charge in [-0.05, 0) is 6.07 Å². The molecule has 1 rings (SSSR count). The molecule has 7 heteroatoms. The molecule has 0 spiro atoms. The molecule has 0 amide bonds. The largest absolute Gasteiger partial charge is 0.405 e. The van der Waals surface area contributed by atoms with E-state index in [1.165, 1.54) is 12.1 Å². The molecule has 0 aliphatic rings. The van der Waals surface area contributed by atoms with Crippen LogP contribution in [0.25, 0.3) is 0 Å². The molecular formula is C11H13ClF3NO2. The van der Waals surface area contributed by atoms with Gasteiger partial charge in [-0.1, -0.05) is 23.7 Å². The minimum Gasteiger partial charge on any atom is -0.395 e. The lowest BCUT2D eigenvalue weighted by molar-refractivity contribution is -0.119. The van der Waals surface area contributed by atoms with Gasteiger partial charge >= 0.3 is 6.18 Å². The third kappa shape index (κ3) is 4.04. The normalized spacial score (nSPS) is 11.7. The van der Waals surface area contributed by atoms with Gasteiger partial charge in [-0.25, -0.2) is 0 Å². The maximum atomic E-state index is 12.5. The first kappa shape index (κ1) is 15.1. The van der Waals surface area contributed by atoms with Gasteiger partial charge in [0, 0.05) is 12.1 Å². The van der Waals surface area contributed by atoms with Crippen LogP contribution in [0.2, 0.25) is 5.02 Å². The highest BCUT2D eigenvalue weighted by Crippen LogP contribution is 2.32. The summed E-state index contributed by atoms with van der Waals surface area (Å²) in [7, 11) is 0. The summed E-state index contributed by atoms with van der Waals surface area (Å²) in [6, 6.07) is 4.47. The van der Waals surface area contributed by atoms with Crippen molar-refractivity contribution in [3.8, 4) is 0 Å². The number of anilines is 1. The van der Waals surface area contributed by atoms with Crippen LogP contribution in [0.4, 0.5) is 18.9 Å². The summed E-state index contributed by atoms with van der Waals surface area (Å²) in [6.45, 7) is -2.30. The van der Waals surface area contributed by atoms with Crippen LogP contribution in [-0.4, -0.2) is 36.1 Å². The molecule has 102 valence electrons. The van der Waals surface area contributed by atoms with Gasteiger partial charge in [0.05, 0.1) is 23.9 Å². The van der Waals surface area contributed by atoms with E-state index in [2.05, 4.69) is 0 Å². The van der Waals surface area contributed by atoms with Crippen molar-refractivity contribution in [1.82, 2.24) is 0 Å². The number of nitrogens with zero attached hydrogens (tertiary/aromatic N) is 1. The zero-order valence-corrected chi connectivity index (χ0v) is 10.2. The maximum absolute atomic E-state index is 12.5. The minimum atomic E-state index is -4.42. The first-order chi connectivity index (χ1) is 8.39. The second-order valence-corrected chi connectivity index (χ2v) is 4.07. The van der Waals surface area contributed by atoms with Crippen molar-refractivity contribution in [1.29, 1.82) is 0 Å². The van der Waals surface area contributed by atoms with Gasteiger partial charge < -0.3 is 15.1 Å². The Morgan fingerprint density at radius 2 is 1.89 bits per heavy atom. The molecule has 3 nitrogen and oxygen atoms in total. The Kier molecular flexibility index (Phi) is 5.25.